The number of ether oxygens (including phenoxy) is 1. The van der Waals surface area contributed by atoms with E-state index in [1.165, 1.54) is 36.4 Å². The molecule has 29 heavy (non-hydrogen) atoms. The lowest BCUT2D eigenvalue weighted by atomic mass is 10.2. The van der Waals surface area contributed by atoms with Gasteiger partial charge in [-0.05, 0) is 30.3 Å². The van der Waals surface area contributed by atoms with E-state index >= 15 is 0 Å². The van der Waals surface area contributed by atoms with Crippen LogP contribution >= 0.6 is 0 Å². The van der Waals surface area contributed by atoms with Crippen LogP contribution in [0.2, 0.25) is 0 Å². The minimum absolute atomic E-state index is 0.0709. The zero-order valence-corrected chi connectivity index (χ0v) is 15.8. The summed E-state index contributed by atoms with van der Waals surface area (Å²) < 4.78 is 34.3. The van der Waals surface area contributed by atoms with E-state index in [9.17, 15) is 28.1 Å². The molecule has 0 heterocycles. The maximum Gasteiger partial charge on any atom is 0.339 e. The SMILES string of the molecule is C=CCNC(=O)COC(=O)c1ccc(OS(=O)(=O)c2cccc([N+](=O)[O-])c2)cc1. The minimum Gasteiger partial charge on any atom is -0.452 e. The lowest BCUT2D eigenvalue weighted by molar-refractivity contribution is -0.385. The van der Waals surface area contributed by atoms with Gasteiger partial charge in [0.2, 0.25) is 0 Å². The number of rotatable bonds is 9. The first-order chi connectivity index (χ1) is 13.7. The van der Waals surface area contributed by atoms with Gasteiger partial charge in [-0.25, -0.2) is 4.79 Å². The highest BCUT2D eigenvalue weighted by Gasteiger charge is 2.20. The Balaban J connectivity index is 2.03. The van der Waals surface area contributed by atoms with Gasteiger partial charge in [0.15, 0.2) is 6.61 Å². The first-order valence-corrected chi connectivity index (χ1v) is 9.47. The predicted molar refractivity (Wildman–Crippen MR) is 101 cm³/mol. The van der Waals surface area contributed by atoms with Gasteiger partial charge < -0.3 is 14.2 Å². The van der Waals surface area contributed by atoms with Crippen LogP contribution in [0.15, 0.2) is 66.1 Å². The zero-order valence-electron chi connectivity index (χ0n) is 14.9. The Morgan fingerprint density at radius 2 is 1.86 bits per heavy atom. The van der Waals surface area contributed by atoms with Gasteiger partial charge in [0.05, 0.1) is 10.5 Å². The van der Waals surface area contributed by atoms with E-state index in [2.05, 4.69) is 11.9 Å². The third-order valence-corrected chi connectivity index (χ3v) is 4.63. The largest absolute Gasteiger partial charge is 0.452 e. The van der Waals surface area contributed by atoms with E-state index in [0.29, 0.717) is 0 Å². The molecule has 0 spiro atoms. The monoisotopic (exact) mass is 420 g/mol. The Morgan fingerprint density at radius 1 is 1.17 bits per heavy atom. The van der Waals surface area contributed by atoms with E-state index in [0.717, 1.165) is 18.2 Å². The van der Waals surface area contributed by atoms with Gasteiger partial charge in [-0.1, -0.05) is 12.1 Å². The summed E-state index contributed by atoms with van der Waals surface area (Å²) >= 11 is 0. The van der Waals surface area contributed by atoms with Crippen molar-refractivity contribution in [1.82, 2.24) is 5.32 Å². The van der Waals surface area contributed by atoms with Crippen molar-refractivity contribution in [3.63, 3.8) is 0 Å². The summed E-state index contributed by atoms with van der Waals surface area (Å²) in [5, 5.41) is 13.2. The highest BCUT2D eigenvalue weighted by Crippen LogP contribution is 2.22. The van der Waals surface area contributed by atoms with Crippen molar-refractivity contribution >= 4 is 27.7 Å². The van der Waals surface area contributed by atoms with Crippen LogP contribution in [0.1, 0.15) is 10.4 Å². The van der Waals surface area contributed by atoms with Crippen LogP contribution in [0.25, 0.3) is 0 Å². The van der Waals surface area contributed by atoms with Crippen LogP contribution in [0.4, 0.5) is 5.69 Å². The molecule has 0 aliphatic heterocycles. The maximum atomic E-state index is 12.3. The molecule has 1 amide bonds. The lowest BCUT2D eigenvalue weighted by Crippen LogP contribution is -2.28. The highest BCUT2D eigenvalue weighted by atomic mass is 32.2. The van der Waals surface area contributed by atoms with Crippen molar-refractivity contribution < 1.29 is 31.9 Å². The second kappa shape index (κ2) is 9.46. The van der Waals surface area contributed by atoms with Crippen LogP contribution in [0, 0.1) is 10.1 Å². The van der Waals surface area contributed by atoms with Gasteiger partial charge in [-0.3, -0.25) is 14.9 Å². The second-order valence-corrected chi connectivity index (χ2v) is 7.03. The number of non-ortho nitro benzene ring substituents is 1. The molecule has 0 unspecified atom stereocenters. The smallest absolute Gasteiger partial charge is 0.339 e. The van der Waals surface area contributed by atoms with Gasteiger partial charge in [0, 0.05) is 18.7 Å². The quantitative estimate of drug-likeness (QED) is 0.213. The first-order valence-electron chi connectivity index (χ1n) is 8.06. The van der Waals surface area contributed by atoms with E-state index in [1.54, 1.807) is 0 Å². The Morgan fingerprint density at radius 3 is 2.48 bits per heavy atom. The van der Waals surface area contributed by atoms with Crippen molar-refractivity contribution in [3.05, 3.63) is 76.9 Å². The van der Waals surface area contributed by atoms with Crippen molar-refractivity contribution in [1.29, 1.82) is 0 Å². The minimum atomic E-state index is -4.31. The molecule has 0 atom stereocenters. The molecule has 0 bridgehead atoms. The molecular formula is C18H16N2O8S. The van der Waals surface area contributed by atoms with Gasteiger partial charge in [-0.2, -0.15) is 8.42 Å². The molecule has 0 fully saturated rings. The number of esters is 1. The number of benzene rings is 2. The zero-order chi connectivity index (χ0) is 21.4. The molecule has 2 rings (SSSR count). The molecule has 0 aliphatic carbocycles. The van der Waals surface area contributed by atoms with Gasteiger partial charge in [0.25, 0.3) is 11.6 Å². The van der Waals surface area contributed by atoms with Crippen LogP contribution < -0.4 is 9.50 Å². The van der Waals surface area contributed by atoms with Crippen molar-refractivity contribution in [3.8, 4) is 5.75 Å². The molecule has 2 aromatic rings. The predicted octanol–water partition coefficient (Wildman–Crippen LogP) is 1.82. The summed E-state index contributed by atoms with van der Waals surface area (Å²) in [7, 11) is -4.31. The van der Waals surface area contributed by atoms with Gasteiger partial charge in [0.1, 0.15) is 10.6 Å². The molecule has 0 aliphatic rings. The van der Waals surface area contributed by atoms with Crippen LogP contribution in [-0.4, -0.2) is 38.4 Å². The van der Waals surface area contributed by atoms with Gasteiger partial charge >= 0.3 is 16.1 Å². The second-order valence-electron chi connectivity index (χ2n) is 5.49. The molecule has 2 aromatic carbocycles. The van der Waals surface area contributed by atoms with E-state index in [1.807, 2.05) is 0 Å². The summed E-state index contributed by atoms with van der Waals surface area (Å²) in [5.74, 6) is -1.40. The number of nitrogens with zero attached hydrogens (tertiary/aromatic N) is 1. The van der Waals surface area contributed by atoms with Crippen LogP contribution in [0.5, 0.6) is 5.75 Å². The fourth-order valence-electron chi connectivity index (χ4n) is 2.03. The Kier molecular flexibility index (Phi) is 7.04. The molecule has 152 valence electrons. The van der Waals surface area contributed by atoms with E-state index in [4.69, 9.17) is 8.92 Å². The van der Waals surface area contributed by atoms with Crippen molar-refractivity contribution in [2.75, 3.05) is 13.2 Å². The molecule has 0 saturated carbocycles. The maximum absolute atomic E-state index is 12.3. The Labute approximate surface area is 166 Å². The van der Waals surface area contributed by atoms with Crippen LogP contribution in [-0.2, 0) is 19.6 Å². The van der Waals surface area contributed by atoms with Crippen molar-refractivity contribution in [2.24, 2.45) is 0 Å². The first kappa shape index (κ1) is 21.6. The molecular weight excluding hydrogens is 404 g/mol. The number of nitrogens with one attached hydrogen (secondary N) is 1. The summed E-state index contributed by atoms with van der Waals surface area (Å²) in [5.41, 5.74) is -0.327. The lowest BCUT2D eigenvalue weighted by Gasteiger charge is -2.08. The Hall–Kier alpha value is -3.73. The summed E-state index contributed by atoms with van der Waals surface area (Å²) in [6, 6.07) is 9.33. The summed E-state index contributed by atoms with van der Waals surface area (Å²) in [4.78, 5) is 33.0. The fourth-order valence-corrected chi connectivity index (χ4v) is 3.00. The fraction of sp³-hybridized carbons (Fsp3) is 0.111. The standard InChI is InChI=1S/C18H16N2O8S/c1-2-10-19-17(21)12-27-18(22)13-6-8-15(9-7-13)28-29(25,26)16-5-3-4-14(11-16)20(23)24/h2-9,11H,1,10,12H2,(H,19,21). The molecule has 11 heteroatoms. The molecule has 0 saturated heterocycles. The molecule has 0 radical (unpaired) electrons. The number of hydrogen-bond donors (Lipinski definition) is 1. The Bertz CT molecular complexity index is 1030. The number of carbonyl (C=O) groups excluding carboxylic acids is 2. The van der Waals surface area contributed by atoms with Crippen LogP contribution in [0.3, 0.4) is 0 Å². The molecule has 10 nitrogen and oxygen atoms in total. The topological polar surface area (TPSA) is 142 Å². The normalized spacial score (nSPS) is 10.6. The summed E-state index contributed by atoms with van der Waals surface area (Å²) in [6.45, 7) is 3.19. The van der Waals surface area contributed by atoms with Gasteiger partial charge in [-0.15, -0.1) is 6.58 Å². The highest BCUT2D eigenvalue weighted by molar-refractivity contribution is 7.87. The molecule has 1 N–H and O–H groups in total. The summed E-state index contributed by atoms with van der Waals surface area (Å²) in [6.07, 6.45) is 1.47. The average Bonchev–Trinajstić information content (AvgIpc) is 2.70. The number of hydrogen-bond acceptors (Lipinski definition) is 8. The molecule has 0 aromatic heterocycles. The number of amides is 1. The van der Waals surface area contributed by atoms with Crippen molar-refractivity contribution in [2.45, 2.75) is 4.90 Å². The van der Waals surface area contributed by atoms with E-state index in [-0.39, 0.29) is 22.8 Å². The third-order valence-electron chi connectivity index (χ3n) is 3.39. The average molecular weight is 420 g/mol. The third kappa shape index (κ3) is 6.14. The van der Waals surface area contributed by atoms with E-state index < -0.39 is 39.2 Å². The number of carbonyl (C=O) groups is 2. The number of nitro groups is 1. The number of nitro benzene ring substituents is 1.